The van der Waals surface area contributed by atoms with E-state index in [1.807, 2.05) is 6.08 Å². The van der Waals surface area contributed by atoms with Crippen LogP contribution in [0.4, 0.5) is 0 Å². The number of rotatable bonds is 27. The fraction of sp³-hybridized carbons (Fsp3) is 0.912. The molecule has 0 aliphatic carbocycles. The largest absolute Gasteiger partial charge is 0.394 e. The molecule has 1 amide bonds. The van der Waals surface area contributed by atoms with Gasteiger partial charge in [0.2, 0.25) is 5.91 Å². The summed E-state index contributed by atoms with van der Waals surface area (Å²) in [6.07, 6.45) is 18.7. The number of unbranched alkanes of at least 4 members (excludes halogenated alkanes) is 17. The third kappa shape index (κ3) is 18.5. The number of aliphatic hydroxyl groups excluding tert-OH is 5. The Bertz CT molecular complexity index is 691. The minimum Gasteiger partial charge on any atom is -0.394 e. The first-order valence-electron chi connectivity index (χ1n) is 17.4. The van der Waals surface area contributed by atoms with Gasteiger partial charge in [0.05, 0.1) is 25.4 Å². The minimum atomic E-state index is -1.56. The van der Waals surface area contributed by atoms with Crippen LogP contribution in [-0.4, -0.2) is 87.5 Å². The molecule has 254 valence electrons. The first kappa shape index (κ1) is 40.0. The number of aliphatic hydroxyl groups is 5. The maximum absolute atomic E-state index is 12.7. The van der Waals surface area contributed by atoms with E-state index in [-0.39, 0.29) is 12.5 Å². The van der Waals surface area contributed by atoms with E-state index in [9.17, 15) is 30.3 Å². The normalized spacial score (nSPS) is 23.9. The summed E-state index contributed by atoms with van der Waals surface area (Å²) >= 11 is 0. The van der Waals surface area contributed by atoms with Gasteiger partial charge in [-0.3, -0.25) is 4.79 Å². The van der Waals surface area contributed by atoms with Gasteiger partial charge in [0.1, 0.15) is 24.4 Å². The fourth-order valence-electron chi connectivity index (χ4n) is 5.45. The average molecular weight is 616 g/mol. The smallest absolute Gasteiger partial charge is 0.220 e. The lowest BCUT2D eigenvalue weighted by atomic mass is 9.99. The van der Waals surface area contributed by atoms with Crippen LogP contribution in [0.3, 0.4) is 0 Å². The van der Waals surface area contributed by atoms with Crippen LogP contribution in [0, 0.1) is 0 Å². The molecule has 7 unspecified atom stereocenters. The van der Waals surface area contributed by atoms with E-state index in [0.717, 1.165) is 44.9 Å². The Labute approximate surface area is 261 Å². The van der Waals surface area contributed by atoms with Crippen molar-refractivity contribution in [3.8, 4) is 0 Å². The van der Waals surface area contributed by atoms with Gasteiger partial charge in [-0.25, -0.2) is 0 Å². The second-order valence-electron chi connectivity index (χ2n) is 12.3. The summed E-state index contributed by atoms with van der Waals surface area (Å²) in [6.45, 7) is 3.63. The summed E-state index contributed by atoms with van der Waals surface area (Å²) in [5.41, 5.74) is 0. The zero-order valence-electron chi connectivity index (χ0n) is 27.2. The van der Waals surface area contributed by atoms with Gasteiger partial charge >= 0.3 is 0 Å². The van der Waals surface area contributed by atoms with Gasteiger partial charge in [-0.15, -0.1) is 0 Å². The van der Waals surface area contributed by atoms with Crippen LogP contribution in [0.25, 0.3) is 0 Å². The lowest BCUT2D eigenvalue weighted by molar-refractivity contribution is -0.302. The van der Waals surface area contributed by atoms with Crippen molar-refractivity contribution in [1.82, 2.24) is 5.32 Å². The predicted molar refractivity (Wildman–Crippen MR) is 170 cm³/mol. The molecule has 0 aromatic heterocycles. The molecule has 1 aliphatic rings. The molecule has 43 heavy (non-hydrogen) atoms. The molecule has 1 aliphatic heterocycles. The Morgan fingerprint density at radius 2 is 1.28 bits per heavy atom. The quantitative estimate of drug-likeness (QED) is 0.0556. The number of ether oxygens (including phenoxy) is 2. The molecular weight excluding hydrogens is 550 g/mol. The zero-order valence-corrected chi connectivity index (χ0v) is 27.2. The molecule has 1 rings (SSSR count). The number of hydrogen-bond donors (Lipinski definition) is 6. The lowest BCUT2D eigenvalue weighted by Crippen LogP contribution is -2.60. The second-order valence-corrected chi connectivity index (χ2v) is 12.3. The Morgan fingerprint density at radius 1 is 0.767 bits per heavy atom. The summed E-state index contributed by atoms with van der Waals surface area (Å²) in [4.78, 5) is 12.7. The van der Waals surface area contributed by atoms with E-state index in [4.69, 9.17) is 9.47 Å². The Hall–Kier alpha value is -1.07. The molecule has 0 aromatic carbocycles. The highest BCUT2D eigenvalue weighted by atomic mass is 16.7. The van der Waals surface area contributed by atoms with Gasteiger partial charge in [-0.05, 0) is 19.3 Å². The van der Waals surface area contributed by atoms with E-state index in [1.165, 1.54) is 77.0 Å². The van der Waals surface area contributed by atoms with Crippen molar-refractivity contribution in [2.45, 2.75) is 185 Å². The minimum absolute atomic E-state index is 0.185. The molecule has 6 N–H and O–H groups in total. The van der Waals surface area contributed by atoms with Crippen molar-refractivity contribution in [3.63, 3.8) is 0 Å². The molecule has 0 radical (unpaired) electrons. The molecule has 1 heterocycles. The number of allylic oxidation sites excluding steroid dienone is 1. The average Bonchev–Trinajstić information content (AvgIpc) is 3.00. The van der Waals surface area contributed by atoms with Gasteiger partial charge < -0.3 is 40.3 Å². The molecular formula is C34H65NO8. The number of nitrogens with one attached hydrogen (secondary N) is 1. The van der Waals surface area contributed by atoms with Gasteiger partial charge in [0.25, 0.3) is 0 Å². The SMILES string of the molecule is CCCCC/C=C/C(O)C(COC1OC(CO)C(O)C(O)C1O)NC(=O)CCCCCCCCCCCCCCCCC. The van der Waals surface area contributed by atoms with Gasteiger partial charge in [-0.1, -0.05) is 129 Å². The highest BCUT2D eigenvalue weighted by Gasteiger charge is 2.44. The molecule has 0 bridgehead atoms. The summed E-state index contributed by atoms with van der Waals surface area (Å²) in [5, 5.41) is 53.4. The van der Waals surface area contributed by atoms with Crippen molar-refractivity contribution < 1.29 is 39.8 Å². The number of carbonyl (C=O) groups excluding carboxylic acids is 1. The molecule has 7 atom stereocenters. The van der Waals surface area contributed by atoms with Crippen LogP contribution in [0.1, 0.15) is 142 Å². The lowest BCUT2D eigenvalue weighted by Gasteiger charge is -2.40. The van der Waals surface area contributed by atoms with E-state index in [2.05, 4.69) is 19.2 Å². The molecule has 0 saturated carbocycles. The van der Waals surface area contributed by atoms with Crippen LogP contribution in [0.2, 0.25) is 0 Å². The Morgan fingerprint density at radius 3 is 1.81 bits per heavy atom. The maximum atomic E-state index is 12.7. The summed E-state index contributed by atoms with van der Waals surface area (Å²) in [6, 6.07) is -0.793. The van der Waals surface area contributed by atoms with Crippen LogP contribution in [0.5, 0.6) is 0 Å². The predicted octanol–water partition coefficient (Wildman–Crippen LogP) is 5.05. The van der Waals surface area contributed by atoms with Crippen LogP contribution < -0.4 is 5.32 Å². The monoisotopic (exact) mass is 615 g/mol. The van der Waals surface area contributed by atoms with Gasteiger partial charge in [0, 0.05) is 6.42 Å². The van der Waals surface area contributed by atoms with Crippen LogP contribution >= 0.6 is 0 Å². The van der Waals surface area contributed by atoms with Crippen molar-refractivity contribution in [3.05, 3.63) is 12.2 Å². The standard InChI is InChI=1S/C34H65NO8/c1-3-5-7-9-10-11-12-13-14-15-16-17-18-20-22-24-30(38)35-27(28(37)23-21-19-8-6-4-2)26-42-34-33(41)32(40)31(39)29(25-36)43-34/h21,23,27-29,31-34,36-37,39-41H,3-20,22,24-26H2,1-2H3,(H,35,38)/b23-21+. The highest BCUT2D eigenvalue weighted by Crippen LogP contribution is 2.22. The molecule has 0 aromatic rings. The summed E-state index contributed by atoms with van der Waals surface area (Å²) in [7, 11) is 0. The second kappa shape index (κ2) is 26.2. The summed E-state index contributed by atoms with van der Waals surface area (Å²) in [5.74, 6) is -0.185. The summed E-state index contributed by atoms with van der Waals surface area (Å²) < 4.78 is 11.0. The van der Waals surface area contributed by atoms with Crippen molar-refractivity contribution in [2.24, 2.45) is 0 Å². The van der Waals surface area contributed by atoms with Gasteiger partial charge in [0.15, 0.2) is 6.29 Å². The third-order valence-electron chi connectivity index (χ3n) is 8.36. The maximum Gasteiger partial charge on any atom is 0.220 e. The van der Waals surface area contributed by atoms with Crippen molar-refractivity contribution in [2.75, 3.05) is 13.2 Å². The Balaban J connectivity index is 2.36. The highest BCUT2D eigenvalue weighted by molar-refractivity contribution is 5.76. The van der Waals surface area contributed by atoms with Gasteiger partial charge in [-0.2, -0.15) is 0 Å². The van der Waals surface area contributed by atoms with Crippen LogP contribution in [-0.2, 0) is 14.3 Å². The molecule has 1 fully saturated rings. The molecule has 1 saturated heterocycles. The third-order valence-corrected chi connectivity index (χ3v) is 8.36. The molecule has 9 nitrogen and oxygen atoms in total. The van der Waals surface area contributed by atoms with E-state index < -0.39 is 49.5 Å². The molecule has 0 spiro atoms. The molecule has 9 heteroatoms. The first-order valence-corrected chi connectivity index (χ1v) is 17.4. The Kier molecular flexibility index (Phi) is 24.3. The topological polar surface area (TPSA) is 149 Å². The fourth-order valence-corrected chi connectivity index (χ4v) is 5.45. The zero-order chi connectivity index (χ0) is 31.7. The first-order chi connectivity index (χ1) is 20.8. The van der Waals surface area contributed by atoms with E-state index in [0.29, 0.717) is 6.42 Å². The number of hydrogen-bond acceptors (Lipinski definition) is 8. The van der Waals surface area contributed by atoms with E-state index >= 15 is 0 Å². The number of carbonyl (C=O) groups is 1. The van der Waals surface area contributed by atoms with Crippen molar-refractivity contribution in [1.29, 1.82) is 0 Å². The van der Waals surface area contributed by atoms with E-state index in [1.54, 1.807) is 6.08 Å². The number of amides is 1. The van der Waals surface area contributed by atoms with Crippen molar-refractivity contribution >= 4 is 5.91 Å². The van der Waals surface area contributed by atoms with Crippen LogP contribution in [0.15, 0.2) is 12.2 Å².